The second-order valence-electron chi connectivity index (χ2n) is 5.16. The van der Waals surface area contributed by atoms with Crippen molar-refractivity contribution in [1.29, 1.82) is 0 Å². The molecule has 21 heavy (non-hydrogen) atoms. The molecule has 3 nitrogen and oxygen atoms in total. The van der Waals surface area contributed by atoms with Crippen LogP contribution < -0.4 is 10.1 Å². The maximum atomic E-state index is 13.1. The van der Waals surface area contributed by atoms with Gasteiger partial charge in [0.15, 0.2) is 0 Å². The standard InChI is InChI=1S/C14H19F4NO2/c1-9(2)6-19-7-10(20)8-21-11-3-4-13(15)12(5-11)14(16,17)18/h3-5,9-10,19-20H,6-8H2,1-2H3. The minimum absolute atomic E-state index is 0.133. The highest BCUT2D eigenvalue weighted by Crippen LogP contribution is 2.33. The van der Waals surface area contributed by atoms with E-state index in [1.54, 1.807) is 0 Å². The first-order chi connectivity index (χ1) is 9.70. The Kier molecular flexibility index (Phi) is 6.42. The zero-order valence-corrected chi connectivity index (χ0v) is 11.9. The minimum Gasteiger partial charge on any atom is -0.491 e. The van der Waals surface area contributed by atoms with E-state index >= 15 is 0 Å². The summed E-state index contributed by atoms with van der Waals surface area (Å²) in [7, 11) is 0. The largest absolute Gasteiger partial charge is 0.491 e. The molecule has 1 atom stereocenters. The Hall–Kier alpha value is -1.34. The lowest BCUT2D eigenvalue weighted by Crippen LogP contribution is -2.33. The summed E-state index contributed by atoms with van der Waals surface area (Å²) in [6.07, 6.45) is -5.64. The molecule has 0 aliphatic carbocycles. The average molecular weight is 309 g/mol. The predicted octanol–water partition coefficient (Wildman–Crippen LogP) is 2.83. The van der Waals surface area contributed by atoms with Crippen LogP contribution in [0.15, 0.2) is 18.2 Å². The number of benzene rings is 1. The SMILES string of the molecule is CC(C)CNCC(O)COc1ccc(F)c(C(F)(F)F)c1. The fraction of sp³-hybridized carbons (Fsp3) is 0.571. The van der Waals surface area contributed by atoms with E-state index in [1.165, 1.54) is 0 Å². The molecule has 2 N–H and O–H groups in total. The molecule has 0 saturated heterocycles. The fourth-order valence-electron chi connectivity index (χ4n) is 1.60. The van der Waals surface area contributed by atoms with Gasteiger partial charge in [-0.25, -0.2) is 4.39 Å². The lowest BCUT2D eigenvalue weighted by molar-refractivity contribution is -0.140. The third-order valence-corrected chi connectivity index (χ3v) is 2.62. The molecule has 0 heterocycles. The zero-order valence-electron chi connectivity index (χ0n) is 11.9. The van der Waals surface area contributed by atoms with Crippen LogP contribution in [-0.2, 0) is 6.18 Å². The summed E-state index contributed by atoms with van der Waals surface area (Å²) < 4.78 is 55.7. The maximum absolute atomic E-state index is 13.1. The molecular formula is C14H19F4NO2. The number of aliphatic hydroxyl groups excluding tert-OH is 1. The van der Waals surface area contributed by atoms with Crippen molar-refractivity contribution in [1.82, 2.24) is 5.32 Å². The number of hydrogen-bond acceptors (Lipinski definition) is 3. The van der Waals surface area contributed by atoms with Gasteiger partial charge >= 0.3 is 6.18 Å². The highest BCUT2D eigenvalue weighted by molar-refractivity contribution is 5.31. The molecule has 1 aromatic rings. The summed E-state index contributed by atoms with van der Waals surface area (Å²) in [4.78, 5) is 0. The summed E-state index contributed by atoms with van der Waals surface area (Å²) in [5.41, 5.74) is -1.38. The lowest BCUT2D eigenvalue weighted by atomic mass is 10.2. The van der Waals surface area contributed by atoms with Crippen LogP contribution in [0.5, 0.6) is 5.75 Å². The van der Waals surface area contributed by atoms with Crippen LogP contribution in [0.2, 0.25) is 0 Å². The maximum Gasteiger partial charge on any atom is 0.419 e. The molecule has 0 fully saturated rings. The second-order valence-corrected chi connectivity index (χ2v) is 5.16. The first-order valence-electron chi connectivity index (χ1n) is 6.58. The summed E-state index contributed by atoms with van der Waals surface area (Å²) in [6.45, 7) is 4.82. The van der Waals surface area contributed by atoms with E-state index in [1.807, 2.05) is 13.8 Å². The highest BCUT2D eigenvalue weighted by atomic mass is 19.4. The van der Waals surface area contributed by atoms with Crippen LogP contribution in [-0.4, -0.2) is 30.9 Å². The van der Waals surface area contributed by atoms with Gasteiger partial charge in [0.25, 0.3) is 0 Å². The van der Waals surface area contributed by atoms with E-state index in [0.717, 1.165) is 6.07 Å². The van der Waals surface area contributed by atoms with Crippen LogP contribution in [0.4, 0.5) is 17.6 Å². The molecule has 0 aliphatic heterocycles. The van der Waals surface area contributed by atoms with Crippen molar-refractivity contribution in [2.75, 3.05) is 19.7 Å². The van der Waals surface area contributed by atoms with Crippen molar-refractivity contribution < 1.29 is 27.4 Å². The van der Waals surface area contributed by atoms with Gasteiger partial charge in [-0.2, -0.15) is 13.2 Å². The Balaban J connectivity index is 2.52. The van der Waals surface area contributed by atoms with Gasteiger partial charge < -0.3 is 15.2 Å². The second kappa shape index (κ2) is 7.61. The summed E-state index contributed by atoms with van der Waals surface area (Å²) in [5, 5.41) is 12.6. The monoisotopic (exact) mass is 309 g/mol. The van der Waals surface area contributed by atoms with E-state index < -0.39 is 23.7 Å². The van der Waals surface area contributed by atoms with Gasteiger partial charge in [-0.3, -0.25) is 0 Å². The van der Waals surface area contributed by atoms with Gasteiger partial charge in [-0.1, -0.05) is 13.8 Å². The molecule has 0 aliphatic rings. The van der Waals surface area contributed by atoms with Gasteiger partial charge in [0.05, 0.1) is 5.56 Å². The van der Waals surface area contributed by atoms with Crippen molar-refractivity contribution in [3.63, 3.8) is 0 Å². The van der Waals surface area contributed by atoms with Gasteiger partial charge in [0.2, 0.25) is 0 Å². The summed E-state index contributed by atoms with van der Waals surface area (Å²) in [5.74, 6) is -1.06. The average Bonchev–Trinajstić information content (AvgIpc) is 2.36. The molecule has 0 saturated carbocycles. The smallest absolute Gasteiger partial charge is 0.419 e. The van der Waals surface area contributed by atoms with E-state index in [4.69, 9.17) is 4.74 Å². The molecule has 0 amide bonds. The van der Waals surface area contributed by atoms with Crippen LogP contribution in [0.25, 0.3) is 0 Å². The van der Waals surface area contributed by atoms with E-state index in [0.29, 0.717) is 24.6 Å². The summed E-state index contributed by atoms with van der Waals surface area (Å²) >= 11 is 0. The van der Waals surface area contributed by atoms with Gasteiger partial charge in [0.1, 0.15) is 24.3 Å². The number of hydrogen-bond donors (Lipinski definition) is 2. The number of ether oxygens (including phenoxy) is 1. The molecule has 1 rings (SSSR count). The number of alkyl halides is 3. The van der Waals surface area contributed by atoms with E-state index in [2.05, 4.69) is 5.32 Å². The Labute approximate surface area is 120 Å². The van der Waals surface area contributed by atoms with Crippen LogP contribution >= 0.6 is 0 Å². The minimum atomic E-state index is -4.78. The van der Waals surface area contributed by atoms with Gasteiger partial charge in [0, 0.05) is 6.54 Å². The normalized spacial score (nSPS) is 13.5. The van der Waals surface area contributed by atoms with Crippen molar-refractivity contribution in [3.05, 3.63) is 29.6 Å². The Bertz CT molecular complexity index is 449. The topological polar surface area (TPSA) is 41.5 Å². The molecule has 0 bridgehead atoms. The van der Waals surface area contributed by atoms with Gasteiger partial charge in [-0.15, -0.1) is 0 Å². The number of halogens is 4. The Morgan fingerprint density at radius 2 is 1.90 bits per heavy atom. The predicted molar refractivity (Wildman–Crippen MR) is 70.6 cm³/mol. The first-order valence-corrected chi connectivity index (χ1v) is 6.58. The molecule has 0 spiro atoms. The van der Waals surface area contributed by atoms with E-state index in [-0.39, 0.29) is 18.9 Å². The first kappa shape index (κ1) is 17.7. The zero-order chi connectivity index (χ0) is 16.0. The molecule has 1 unspecified atom stereocenters. The Morgan fingerprint density at radius 3 is 2.48 bits per heavy atom. The number of aliphatic hydroxyl groups is 1. The van der Waals surface area contributed by atoms with Crippen molar-refractivity contribution in [3.8, 4) is 5.75 Å². The molecule has 120 valence electrons. The van der Waals surface area contributed by atoms with Crippen LogP contribution in [0.1, 0.15) is 19.4 Å². The quantitative estimate of drug-likeness (QED) is 0.761. The van der Waals surface area contributed by atoms with Crippen LogP contribution in [0.3, 0.4) is 0 Å². The number of nitrogens with one attached hydrogen (secondary N) is 1. The lowest BCUT2D eigenvalue weighted by Gasteiger charge is -2.15. The third kappa shape index (κ3) is 6.31. The number of rotatable bonds is 7. The molecule has 0 radical (unpaired) electrons. The molecule has 7 heteroatoms. The molecular weight excluding hydrogens is 290 g/mol. The highest BCUT2D eigenvalue weighted by Gasteiger charge is 2.34. The molecule has 1 aromatic carbocycles. The van der Waals surface area contributed by atoms with Crippen molar-refractivity contribution in [2.45, 2.75) is 26.1 Å². The third-order valence-electron chi connectivity index (χ3n) is 2.62. The summed E-state index contributed by atoms with van der Waals surface area (Å²) in [6, 6.07) is 2.38. The van der Waals surface area contributed by atoms with Crippen molar-refractivity contribution in [2.24, 2.45) is 5.92 Å². The van der Waals surface area contributed by atoms with Crippen LogP contribution in [0, 0.1) is 11.7 Å². The fourth-order valence-corrected chi connectivity index (χ4v) is 1.60. The van der Waals surface area contributed by atoms with Gasteiger partial charge in [-0.05, 0) is 30.7 Å². The Morgan fingerprint density at radius 1 is 1.24 bits per heavy atom. The molecule has 0 aromatic heterocycles. The van der Waals surface area contributed by atoms with E-state index in [9.17, 15) is 22.7 Å². The van der Waals surface area contributed by atoms with Crippen molar-refractivity contribution >= 4 is 0 Å².